The summed E-state index contributed by atoms with van der Waals surface area (Å²) in [4.78, 5) is 12.2. The van der Waals surface area contributed by atoms with E-state index in [9.17, 15) is 4.79 Å². The molecule has 0 spiro atoms. The van der Waals surface area contributed by atoms with E-state index in [-0.39, 0.29) is 5.91 Å². The van der Waals surface area contributed by atoms with E-state index in [1.54, 1.807) is 18.3 Å². The van der Waals surface area contributed by atoms with Crippen LogP contribution < -0.4 is 5.43 Å². The highest BCUT2D eigenvalue weighted by Crippen LogP contribution is 2.17. The highest BCUT2D eigenvalue weighted by molar-refractivity contribution is 9.10. The summed E-state index contributed by atoms with van der Waals surface area (Å²) in [7, 11) is 0. The molecule has 1 amide bonds. The topological polar surface area (TPSA) is 46.4 Å². The van der Waals surface area contributed by atoms with Gasteiger partial charge in [0.2, 0.25) is 0 Å². The first-order valence-corrected chi connectivity index (χ1v) is 8.68. The molecule has 126 valence electrons. The third-order valence-electron chi connectivity index (χ3n) is 3.89. The summed E-state index contributed by atoms with van der Waals surface area (Å²) in [6.45, 7) is 4.12. The van der Waals surface area contributed by atoms with E-state index in [2.05, 4.69) is 57.0 Å². The number of hydrogen-bond acceptors (Lipinski definition) is 2. The molecule has 0 atom stereocenters. The van der Waals surface area contributed by atoms with Crippen LogP contribution >= 0.6 is 15.9 Å². The number of amides is 1. The number of carbonyl (C=O) groups excluding carboxylic acids is 1. The molecule has 3 rings (SSSR count). The number of nitrogens with one attached hydrogen (secondary N) is 1. The average molecular weight is 396 g/mol. The summed E-state index contributed by atoms with van der Waals surface area (Å²) >= 11 is 3.40. The smallest absolute Gasteiger partial charge is 0.271 e. The summed E-state index contributed by atoms with van der Waals surface area (Å²) in [5.41, 5.74) is 7.38. The third kappa shape index (κ3) is 4.06. The van der Waals surface area contributed by atoms with Crippen LogP contribution in [0.3, 0.4) is 0 Å². The van der Waals surface area contributed by atoms with Crippen LogP contribution in [0.4, 0.5) is 0 Å². The second-order valence-corrected chi connectivity index (χ2v) is 6.67. The molecule has 3 aromatic rings. The number of rotatable bonds is 4. The van der Waals surface area contributed by atoms with Crippen molar-refractivity contribution in [2.24, 2.45) is 5.10 Å². The molecule has 2 aromatic carbocycles. The molecule has 0 aliphatic rings. The zero-order valence-electron chi connectivity index (χ0n) is 14.0. The first-order chi connectivity index (χ1) is 12.0. The minimum absolute atomic E-state index is 0.237. The van der Waals surface area contributed by atoms with Crippen molar-refractivity contribution >= 4 is 28.1 Å². The van der Waals surface area contributed by atoms with Crippen molar-refractivity contribution < 1.29 is 4.79 Å². The SMILES string of the molecule is Cc1ccc(C)n1-c1ccc(C(=O)NN=Cc2cccc(Br)c2)cc1. The molecule has 0 saturated carbocycles. The minimum atomic E-state index is -0.237. The zero-order valence-corrected chi connectivity index (χ0v) is 15.6. The van der Waals surface area contributed by atoms with Crippen molar-refractivity contribution in [3.05, 3.63) is 87.7 Å². The summed E-state index contributed by atoms with van der Waals surface area (Å²) in [6, 6.07) is 19.3. The number of nitrogens with zero attached hydrogens (tertiary/aromatic N) is 2. The highest BCUT2D eigenvalue weighted by Gasteiger charge is 2.07. The van der Waals surface area contributed by atoms with Gasteiger partial charge in [0.1, 0.15) is 0 Å². The Morgan fingerprint density at radius 1 is 1.04 bits per heavy atom. The van der Waals surface area contributed by atoms with E-state index >= 15 is 0 Å². The van der Waals surface area contributed by atoms with E-state index in [0.717, 1.165) is 27.1 Å². The molecule has 0 fully saturated rings. The van der Waals surface area contributed by atoms with E-state index < -0.39 is 0 Å². The first kappa shape index (κ1) is 17.2. The summed E-state index contributed by atoms with van der Waals surface area (Å²) in [5.74, 6) is -0.237. The van der Waals surface area contributed by atoms with Gasteiger partial charge in [-0.2, -0.15) is 5.10 Å². The van der Waals surface area contributed by atoms with Crippen LogP contribution in [0.2, 0.25) is 0 Å². The fourth-order valence-electron chi connectivity index (χ4n) is 2.65. The molecular weight excluding hydrogens is 378 g/mol. The Morgan fingerprint density at radius 2 is 1.72 bits per heavy atom. The van der Waals surface area contributed by atoms with Gasteiger partial charge in [0.05, 0.1) is 6.21 Å². The fourth-order valence-corrected chi connectivity index (χ4v) is 3.07. The van der Waals surface area contributed by atoms with Crippen LogP contribution in [0.15, 0.2) is 70.2 Å². The van der Waals surface area contributed by atoms with Gasteiger partial charge in [0, 0.05) is 27.1 Å². The molecule has 0 radical (unpaired) electrons. The van der Waals surface area contributed by atoms with Crippen molar-refractivity contribution in [3.8, 4) is 5.69 Å². The summed E-state index contributed by atoms with van der Waals surface area (Å²) in [5, 5.41) is 4.01. The normalized spacial score (nSPS) is 11.0. The summed E-state index contributed by atoms with van der Waals surface area (Å²) < 4.78 is 3.11. The first-order valence-electron chi connectivity index (χ1n) is 7.89. The lowest BCUT2D eigenvalue weighted by atomic mass is 10.2. The van der Waals surface area contributed by atoms with Crippen LogP contribution in [-0.4, -0.2) is 16.7 Å². The van der Waals surface area contributed by atoms with E-state index in [1.165, 1.54) is 0 Å². The molecule has 1 aromatic heterocycles. The van der Waals surface area contributed by atoms with Gasteiger partial charge in [0.15, 0.2) is 0 Å². The standard InChI is InChI=1S/C20H18BrN3O/c1-14-6-7-15(2)24(14)19-10-8-17(9-11-19)20(25)23-22-13-16-4-3-5-18(21)12-16/h3-13H,1-2H3,(H,23,25). The molecule has 0 bridgehead atoms. The summed E-state index contributed by atoms with van der Waals surface area (Å²) in [6.07, 6.45) is 1.61. The minimum Gasteiger partial charge on any atom is -0.319 e. The maximum absolute atomic E-state index is 12.2. The van der Waals surface area contributed by atoms with E-state index in [4.69, 9.17) is 0 Å². The highest BCUT2D eigenvalue weighted by atomic mass is 79.9. The van der Waals surface area contributed by atoms with Crippen LogP contribution in [0, 0.1) is 13.8 Å². The van der Waals surface area contributed by atoms with Crippen molar-refractivity contribution in [2.45, 2.75) is 13.8 Å². The Labute approximate surface area is 155 Å². The number of aryl methyl sites for hydroxylation is 2. The van der Waals surface area contributed by atoms with Gasteiger partial charge in [-0.05, 0) is 67.9 Å². The Bertz CT molecular complexity index is 907. The lowest BCUT2D eigenvalue weighted by Gasteiger charge is -2.10. The lowest BCUT2D eigenvalue weighted by Crippen LogP contribution is -2.17. The number of carbonyl (C=O) groups is 1. The van der Waals surface area contributed by atoms with E-state index in [1.807, 2.05) is 36.4 Å². The molecule has 0 aliphatic heterocycles. The second-order valence-electron chi connectivity index (χ2n) is 5.75. The number of hydrogen-bond donors (Lipinski definition) is 1. The van der Waals surface area contributed by atoms with Crippen molar-refractivity contribution in [2.75, 3.05) is 0 Å². The lowest BCUT2D eigenvalue weighted by molar-refractivity contribution is 0.0955. The van der Waals surface area contributed by atoms with Crippen LogP contribution in [0.5, 0.6) is 0 Å². The molecule has 1 N–H and O–H groups in total. The van der Waals surface area contributed by atoms with Gasteiger partial charge >= 0.3 is 0 Å². The fraction of sp³-hybridized carbons (Fsp3) is 0.100. The van der Waals surface area contributed by atoms with Crippen molar-refractivity contribution in [1.29, 1.82) is 0 Å². The van der Waals surface area contributed by atoms with Crippen LogP contribution in [0.1, 0.15) is 27.3 Å². The van der Waals surface area contributed by atoms with Gasteiger partial charge in [0.25, 0.3) is 5.91 Å². The molecule has 0 aliphatic carbocycles. The Morgan fingerprint density at radius 3 is 2.36 bits per heavy atom. The van der Waals surface area contributed by atoms with Crippen molar-refractivity contribution in [3.63, 3.8) is 0 Å². The number of hydrazone groups is 1. The Hall–Kier alpha value is -2.66. The Balaban J connectivity index is 1.69. The molecule has 0 unspecified atom stereocenters. The Kier molecular flexibility index (Phi) is 5.14. The molecule has 25 heavy (non-hydrogen) atoms. The quantitative estimate of drug-likeness (QED) is 0.508. The molecule has 0 saturated heterocycles. The zero-order chi connectivity index (χ0) is 17.8. The maximum atomic E-state index is 12.2. The monoisotopic (exact) mass is 395 g/mol. The van der Waals surface area contributed by atoms with Crippen molar-refractivity contribution in [1.82, 2.24) is 9.99 Å². The van der Waals surface area contributed by atoms with Gasteiger partial charge < -0.3 is 4.57 Å². The van der Waals surface area contributed by atoms with Gasteiger partial charge in [-0.15, -0.1) is 0 Å². The maximum Gasteiger partial charge on any atom is 0.271 e. The molecule has 5 heteroatoms. The third-order valence-corrected chi connectivity index (χ3v) is 4.38. The van der Waals surface area contributed by atoms with Gasteiger partial charge in [-0.3, -0.25) is 4.79 Å². The van der Waals surface area contributed by atoms with E-state index in [0.29, 0.717) is 5.56 Å². The second kappa shape index (κ2) is 7.49. The largest absolute Gasteiger partial charge is 0.319 e. The van der Waals surface area contributed by atoms with Crippen LogP contribution in [0.25, 0.3) is 5.69 Å². The molecule has 4 nitrogen and oxygen atoms in total. The average Bonchev–Trinajstić information content (AvgIpc) is 2.94. The van der Waals surface area contributed by atoms with Crippen LogP contribution in [-0.2, 0) is 0 Å². The number of benzene rings is 2. The number of aromatic nitrogens is 1. The van der Waals surface area contributed by atoms with Gasteiger partial charge in [-0.25, -0.2) is 5.43 Å². The predicted octanol–water partition coefficient (Wildman–Crippen LogP) is 4.62. The molecule has 1 heterocycles. The molecular formula is C20H18BrN3O. The predicted molar refractivity (Wildman–Crippen MR) is 104 cm³/mol. The number of halogens is 1. The van der Waals surface area contributed by atoms with Gasteiger partial charge in [-0.1, -0.05) is 28.1 Å².